The van der Waals surface area contributed by atoms with Crippen molar-refractivity contribution >= 4 is 17.5 Å². The number of nitrogens with one attached hydrogen (secondary N) is 1. The molecule has 1 saturated carbocycles. The predicted octanol–water partition coefficient (Wildman–Crippen LogP) is 3.79. The molecule has 0 saturated heterocycles. The van der Waals surface area contributed by atoms with Crippen LogP contribution in [0.1, 0.15) is 39.5 Å². The molecule has 1 N–H and O–H groups in total. The lowest BCUT2D eigenvalue weighted by Crippen LogP contribution is -2.51. The Kier molecular flexibility index (Phi) is 6.16. The summed E-state index contributed by atoms with van der Waals surface area (Å²) >= 11 is 5.98. The lowest BCUT2D eigenvalue weighted by atomic mass is 9.92. The Morgan fingerprint density at radius 2 is 2.00 bits per heavy atom. The van der Waals surface area contributed by atoms with Crippen LogP contribution in [-0.4, -0.2) is 33.6 Å². The fourth-order valence-corrected chi connectivity index (χ4v) is 3.25. The standard InChI is InChI=1S/C20H24ClN3O3/c1-20(2,27-17-5-3-4-14(21)12-17)19(25)24-15-6-8-16(9-7-15)26-18-13-22-10-11-23-18/h3-5,10-13,15-16H,6-9H2,1-2H3,(H,24,25). The smallest absolute Gasteiger partial charge is 0.263 e. The van der Waals surface area contributed by atoms with Crippen molar-refractivity contribution in [1.29, 1.82) is 0 Å². The largest absolute Gasteiger partial charge is 0.478 e. The minimum Gasteiger partial charge on any atom is -0.478 e. The van der Waals surface area contributed by atoms with Crippen LogP contribution in [0.15, 0.2) is 42.9 Å². The van der Waals surface area contributed by atoms with Crippen molar-refractivity contribution < 1.29 is 14.3 Å². The first-order chi connectivity index (χ1) is 12.9. The molecule has 0 aliphatic heterocycles. The van der Waals surface area contributed by atoms with Gasteiger partial charge >= 0.3 is 0 Å². The minimum absolute atomic E-state index is 0.102. The molecule has 0 unspecified atom stereocenters. The number of hydrogen-bond acceptors (Lipinski definition) is 5. The molecule has 1 aromatic carbocycles. The molecule has 1 amide bonds. The molecule has 0 radical (unpaired) electrons. The first-order valence-corrected chi connectivity index (χ1v) is 9.48. The molecule has 1 heterocycles. The van der Waals surface area contributed by atoms with Crippen molar-refractivity contribution in [2.75, 3.05) is 0 Å². The Labute approximate surface area is 164 Å². The monoisotopic (exact) mass is 389 g/mol. The molecular formula is C20H24ClN3O3. The molecule has 144 valence electrons. The summed E-state index contributed by atoms with van der Waals surface area (Å²) < 4.78 is 11.7. The average Bonchev–Trinajstić information content (AvgIpc) is 2.64. The van der Waals surface area contributed by atoms with Crippen LogP contribution in [0.3, 0.4) is 0 Å². The summed E-state index contributed by atoms with van der Waals surface area (Å²) in [5.74, 6) is 0.977. The molecule has 6 nitrogen and oxygen atoms in total. The van der Waals surface area contributed by atoms with E-state index in [1.165, 1.54) is 0 Å². The molecule has 7 heteroatoms. The molecule has 27 heavy (non-hydrogen) atoms. The number of nitrogens with zero attached hydrogens (tertiary/aromatic N) is 2. The Morgan fingerprint density at radius 1 is 1.22 bits per heavy atom. The van der Waals surface area contributed by atoms with Crippen LogP contribution in [0.5, 0.6) is 11.6 Å². The van der Waals surface area contributed by atoms with E-state index in [1.54, 1.807) is 56.7 Å². The zero-order valence-electron chi connectivity index (χ0n) is 15.5. The lowest BCUT2D eigenvalue weighted by molar-refractivity contribution is -0.135. The van der Waals surface area contributed by atoms with Gasteiger partial charge in [0.1, 0.15) is 11.9 Å². The summed E-state index contributed by atoms with van der Waals surface area (Å²) in [7, 11) is 0. The molecule has 1 aliphatic rings. The average molecular weight is 390 g/mol. The normalized spacial score (nSPS) is 20.0. The maximum Gasteiger partial charge on any atom is 0.263 e. The van der Waals surface area contributed by atoms with Gasteiger partial charge in [0.25, 0.3) is 5.91 Å². The highest BCUT2D eigenvalue weighted by Crippen LogP contribution is 2.25. The van der Waals surface area contributed by atoms with Crippen molar-refractivity contribution in [3.8, 4) is 11.6 Å². The van der Waals surface area contributed by atoms with E-state index in [2.05, 4.69) is 15.3 Å². The van der Waals surface area contributed by atoms with Gasteiger partial charge in [0.15, 0.2) is 5.60 Å². The molecule has 1 aromatic heterocycles. The lowest BCUT2D eigenvalue weighted by Gasteiger charge is -2.32. The number of hydrogen-bond donors (Lipinski definition) is 1. The van der Waals surface area contributed by atoms with Gasteiger partial charge in [0.2, 0.25) is 5.88 Å². The highest BCUT2D eigenvalue weighted by Gasteiger charge is 2.33. The first kappa shape index (κ1) is 19.4. The summed E-state index contributed by atoms with van der Waals surface area (Å²) in [6.45, 7) is 3.51. The van der Waals surface area contributed by atoms with E-state index in [9.17, 15) is 4.79 Å². The summed E-state index contributed by atoms with van der Waals surface area (Å²) in [6.07, 6.45) is 8.37. The van der Waals surface area contributed by atoms with Gasteiger partial charge in [0, 0.05) is 23.5 Å². The molecule has 3 rings (SSSR count). The van der Waals surface area contributed by atoms with Crippen molar-refractivity contribution in [2.24, 2.45) is 0 Å². The van der Waals surface area contributed by atoms with Crippen molar-refractivity contribution in [1.82, 2.24) is 15.3 Å². The second-order valence-corrected chi connectivity index (χ2v) is 7.61. The number of benzene rings is 1. The molecule has 0 atom stereocenters. The van der Waals surface area contributed by atoms with Crippen molar-refractivity contribution in [2.45, 2.75) is 57.3 Å². The number of rotatable bonds is 6. The number of amides is 1. The predicted molar refractivity (Wildman–Crippen MR) is 103 cm³/mol. The van der Waals surface area contributed by atoms with Crippen LogP contribution in [0.4, 0.5) is 0 Å². The maximum absolute atomic E-state index is 12.7. The Hall–Kier alpha value is -2.34. The van der Waals surface area contributed by atoms with Gasteiger partial charge in [-0.15, -0.1) is 0 Å². The fraction of sp³-hybridized carbons (Fsp3) is 0.450. The molecule has 2 aromatic rings. The van der Waals surface area contributed by atoms with E-state index in [1.807, 2.05) is 0 Å². The summed E-state index contributed by atoms with van der Waals surface area (Å²) in [5.41, 5.74) is -0.988. The number of carbonyl (C=O) groups excluding carboxylic acids is 1. The van der Waals surface area contributed by atoms with Gasteiger partial charge in [-0.25, -0.2) is 4.98 Å². The highest BCUT2D eigenvalue weighted by atomic mass is 35.5. The van der Waals surface area contributed by atoms with Crippen molar-refractivity contribution in [3.05, 3.63) is 47.9 Å². The van der Waals surface area contributed by atoms with Gasteiger partial charge in [-0.3, -0.25) is 9.78 Å². The molecule has 0 spiro atoms. The van der Waals surface area contributed by atoms with Crippen LogP contribution < -0.4 is 14.8 Å². The quantitative estimate of drug-likeness (QED) is 0.813. The first-order valence-electron chi connectivity index (χ1n) is 9.10. The van der Waals surface area contributed by atoms with Crippen LogP contribution in [-0.2, 0) is 4.79 Å². The Bertz CT molecular complexity index is 762. The third-order valence-corrected chi connectivity index (χ3v) is 4.79. The number of ether oxygens (including phenoxy) is 2. The van der Waals surface area contributed by atoms with E-state index < -0.39 is 5.60 Å². The SMILES string of the molecule is CC(C)(Oc1cccc(Cl)c1)C(=O)NC1CCC(Oc2cnccn2)CC1. The molecule has 1 fully saturated rings. The summed E-state index contributed by atoms with van der Waals surface area (Å²) in [5, 5.41) is 3.67. The van der Waals surface area contributed by atoms with E-state index in [0.29, 0.717) is 16.7 Å². The minimum atomic E-state index is -0.988. The van der Waals surface area contributed by atoms with E-state index in [0.717, 1.165) is 25.7 Å². The van der Waals surface area contributed by atoms with Gasteiger partial charge in [-0.1, -0.05) is 17.7 Å². The zero-order chi connectivity index (χ0) is 19.3. The number of aromatic nitrogens is 2. The third kappa shape index (κ3) is 5.57. The molecular weight excluding hydrogens is 366 g/mol. The van der Waals surface area contributed by atoms with Crippen LogP contribution in [0, 0.1) is 0 Å². The molecule has 0 bridgehead atoms. The number of carbonyl (C=O) groups is 1. The maximum atomic E-state index is 12.7. The van der Waals surface area contributed by atoms with E-state index in [4.69, 9.17) is 21.1 Å². The van der Waals surface area contributed by atoms with Gasteiger partial charge in [0.05, 0.1) is 6.20 Å². The number of halogens is 1. The van der Waals surface area contributed by atoms with Gasteiger partial charge in [-0.05, 0) is 57.7 Å². The Morgan fingerprint density at radius 3 is 2.67 bits per heavy atom. The van der Waals surface area contributed by atoms with Crippen LogP contribution >= 0.6 is 11.6 Å². The third-order valence-electron chi connectivity index (χ3n) is 4.55. The molecule has 1 aliphatic carbocycles. The zero-order valence-corrected chi connectivity index (χ0v) is 16.3. The second-order valence-electron chi connectivity index (χ2n) is 7.18. The van der Waals surface area contributed by atoms with Crippen molar-refractivity contribution in [3.63, 3.8) is 0 Å². The van der Waals surface area contributed by atoms with Gasteiger partial charge < -0.3 is 14.8 Å². The Balaban J connectivity index is 1.48. The van der Waals surface area contributed by atoms with Gasteiger partial charge in [-0.2, -0.15) is 0 Å². The highest BCUT2D eigenvalue weighted by molar-refractivity contribution is 6.30. The van der Waals surface area contributed by atoms with Crippen LogP contribution in [0.2, 0.25) is 5.02 Å². The van der Waals surface area contributed by atoms with E-state index >= 15 is 0 Å². The fourth-order valence-electron chi connectivity index (χ4n) is 3.07. The van der Waals surface area contributed by atoms with Crippen LogP contribution in [0.25, 0.3) is 0 Å². The second kappa shape index (κ2) is 8.57. The topological polar surface area (TPSA) is 73.3 Å². The summed E-state index contributed by atoms with van der Waals surface area (Å²) in [6, 6.07) is 7.16. The van der Waals surface area contributed by atoms with E-state index in [-0.39, 0.29) is 18.1 Å². The summed E-state index contributed by atoms with van der Waals surface area (Å²) in [4.78, 5) is 20.8.